The Morgan fingerprint density at radius 3 is 2.89 bits per heavy atom. The highest BCUT2D eigenvalue weighted by Gasteiger charge is 2.25. The molecule has 1 aromatic rings. The van der Waals surface area contributed by atoms with Gasteiger partial charge in [0, 0.05) is 25.8 Å². The summed E-state index contributed by atoms with van der Waals surface area (Å²) in [6, 6.07) is 6.69. The van der Waals surface area contributed by atoms with Gasteiger partial charge in [-0.05, 0) is 37.6 Å². The number of hydrogen-bond donors (Lipinski definition) is 1. The Labute approximate surface area is 114 Å². The van der Waals surface area contributed by atoms with Gasteiger partial charge in [-0.25, -0.2) is 4.39 Å². The standard InChI is InChI=1S/C15H23FN2O/c1-3-17-10-14-7-8-15(19-14)11-18(2)13-6-4-5-12(16)9-13/h4-6,9,14-15,17H,3,7-8,10-11H2,1-2H3. The van der Waals surface area contributed by atoms with Crippen molar-refractivity contribution in [1.29, 1.82) is 0 Å². The SMILES string of the molecule is CCNCC1CCC(CN(C)c2cccc(F)c2)O1. The van der Waals surface area contributed by atoms with Gasteiger partial charge in [0.2, 0.25) is 0 Å². The molecule has 0 radical (unpaired) electrons. The second kappa shape index (κ2) is 6.87. The molecule has 2 unspecified atom stereocenters. The summed E-state index contributed by atoms with van der Waals surface area (Å²) >= 11 is 0. The highest BCUT2D eigenvalue weighted by molar-refractivity contribution is 5.45. The summed E-state index contributed by atoms with van der Waals surface area (Å²) in [5.41, 5.74) is 0.902. The van der Waals surface area contributed by atoms with E-state index < -0.39 is 0 Å². The zero-order chi connectivity index (χ0) is 13.7. The summed E-state index contributed by atoms with van der Waals surface area (Å²) in [6.07, 6.45) is 2.76. The summed E-state index contributed by atoms with van der Waals surface area (Å²) in [7, 11) is 1.98. The van der Waals surface area contributed by atoms with Crippen LogP contribution in [0.5, 0.6) is 0 Å². The van der Waals surface area contributed by atoms with Gasteiger partial charge >= 0.3 is 0 Å². The van der Waals surface area contributed by atoms with E-state index in [2.05, 4.69) is 17.1 Å². The van der Waals surface area contributed by atoms with E-state index in [1.165, 1.54) is 6.07 Å². The second-order valence-corrected chi connectivity index (χ2v) is 5.13. The van der Waals surface area contributed by atoms with E-state index in [1.54, 1.807) is 12.1 Å². The molecule has 4 heteroatoms. The lowest BCUT2D eigenvalue weighted by atomic mass is 10.2. The van der Waals surface area contributed by atoms with Gasteiger partial charge < -0.3 is 15.0 Å². The predicted molar refractivity (Wildman–Crippen MR) is 76.1 cm³/mol. The van der Waals surface area contributed by atoms with Crippen LogP contribution in [0.4, 0.5) is 10.1 Å². The summed E-state index contributed by atoms with van der Waals surface area (Å²) in [5.74, 6) is -0.193. The molecule has 1 heterocycles. The van der Waals surface area contributed by atoms with Gasteiger partial charge in [0.25, 0.3) is 0 Å². The van der Waals surface area contributed by atoms with Crippen molar-refractivity contribution in [3.63, 3.8) is 0 Å². The zero-order valence-corrected chi connectivity index (χ0v) is 11.7. The maximum Gasteiger partial charge on any atom is 0.125 e. The van der Waals surface area contributed by atoms with Crippen LogP contribution >= 0.6 is 0 Å². The maximum absolute atomic E-state index is 13.2. The number of rotatable bonds is 6. The Morgan fingerprint density at radius 1 is 1.37 bits per heavy atom. The number of anilines is 1. The molecule has 0 aromatic heterocycles. The number of likely N-dealkylation sites (N-methyl/N-ethyl adjacent to an activating group) is 2. The molecule has 1 aliphatic rings. The minimum Gasteiger partial charge on any atom is -0.372 e. The van der Waals surface area contributed by atoms with Crippen LogP contribution < -0.4 is 10.2 Å². The van der Waals surface area contributed by atoms with Crippen LogP contribution in [-0.4, -0.2) is 38.9 Å². The Balaban J connectivity index is 1.82. The summed E-state index contributed by atoms with van der Waals surface area (Å²) < 4.78 is 19.2. The van der Waals surface area contributed by atoms with E-state index in [9.17, 15) is 4.39 Å². The molecule has 0 amide bonds. The van der Waals surface area contributed by atoms with Crippen LogP contribution in [0.15, 0.2) is 24.3 Å². The summed E-state index contributed by atoms with van der Waals surface area (Å²) in [5, 5.41) is 3.32. The number of benzene rings is 1. The molecule has 0 bridgehead atoms. The predicted octanol–water partition coefficient (Wildman–Crippen LogP) is 2.42. The monoisotopic (exact) mass is 266 g/mol. The fraction of sp³-hybridized carbons (Fsp3) is 0.600. The first-order valence-corrected chi connectivity index (χ1v) is 7.02. The van der Waals surface area contributed by atoms with Crippen molar-refractivity contribution in [3.8, 4) is 0 Å². The van der Waals surface area contributed by atoms with E-state index in [1.807, 2.05) is 13.1 Å². The molecule has 106 valence electrons. The Kier molecular flexibility index (Phi) is 5.16. The topological polar surface area (TPSA) is 24.5 Å². The van der Waals surface area contributed by atoms with Crippen LogP contribution in [0.2, 0.25) is 0 Å². The average molecular weight is 266 g/mol. The van der Waals surface area contributed by atoms with Gasteiger partial charge in [0.15, 0.2) is 0 Å². The Hall–Kier alpha value is -1.13. The Bertz CT molecular complexity index is 399. The molecule has 1 fully saturated rings. The molecule has 1 aromatic carbocycles. The largest absolute Gasteiger partial charge is 0.372 e. The third-order valence-corrected chi connectivity index (χ3v) is 3.54. The van der Waals surface area contributed by atoms with Gasteiger partial charge in [-0.1, -0.05) is 13.0 Å². The molecule has 0 saturated carbocycles. The molecule has 0 aliphatic carbocycles. The van der Waals surface area contributed by atoms with Crippen LogP contribution in [0.25, 0.3) is 0 Å². The quantitative estimate of drug-likeness (QED) is 0.856. The average Bonchev–Trinajstić information content (AvgIpc) is 2.84. The van der Waals surface area contributed by atoms with E-state index in [0.717, 1.165) is 38.2 Å². The van der Waals surface area contributed by atoms with Crippen molar-refractivity contribution in [2.24, 2.45) is 0 Å². The van der Waals surface area contributed by atoms with E-state index >= 15 is 0 Å². The molecule has 3 nitrogen and oxygen atoms in total. The first kappa shape index (κ1) is 14.3. The van der Waals surface area contributed by atoms with Crippen LogP contribution in [-0.2, 0) is 4.74 Å². The van der Waals surface area contributed by atoms with Gasteiger partial charge in [0.1, 0.15) is 5.82 Å². The molecule has 19 heavy (non-hydrogen) atoms. The van der Waals surface area contributed by atoms with Crippen molar-refractivity contribution in [1.82, 2.24) is 5.32 Å². The number of halogens is 1. The summed E-state index contributed by atoms with van der Waals surface area (Å²) in [4.78, 5) is 2.06. The van der Waals surface area contributed by atoms with Crippen molar-refractivity contribution in [3.05, 3.63) is 30.1 Å². The molecule has 0 spiro atoms. The normalized spacial score (nSPS) is 22.7. The van der Waals surface area contributed by atoms with Crippen molar-refractivity contribution < 1.29 is 9.13 Å². The number of nitrogens with one attached hydrogen (secondary N) is 1. The van der Waals surface area contributed by atoms with Crippen molar-refractivity contribution in [2.45, 2.75) is 32.0 Å². The second-order valence-electron chi connectivity index (χ2n) is 5.13. The first-order chi connectivity index (χ1) is 9.19. The van der Waals surface area contributed by atoms with Crippen LogP contribution in [0.1, 0.15) is 19.8 Å². The molecule has 1 N–H and O–H groups in total. The smallest absolute Gasteiger partial charge is 0.125 e. The summed E-state index contributed by atoms with van der Waals surface area (Å²) in [6.45, 7) is 4.82. The number of hydrogen-bond acceptors (Lipinski definition) is 3. The lowest BCUT2D eigenvalue weighted by molar-refractivity contribution is 0.0503. The van der Waals surface area contributed by atoms with Gasteiger partial charge in [-0.15, -0.1) is 0 Å². The van der Waals surface area contributed by atoms with E-state index in [4.69, 9.17) is 4.74 Å². The molecule has 1 aliphatic heterocycles. The van der Waals surface area contributed by atoms with E-state index in [-0.39, 0.29) is 11.9 Å². The molecular weight excluding hydrogens is 243 g/mol. The lowest BCUT2D eigenvalue weighted by Gasteiger charge is -2.23. The minimum atomic E-state index is -0.193. The molecular formula is C15H23FN2O. The number of ether oxygens (including phenoxy) is 1. The molecule has 2 rings (SSSR count). The maximum atomic E-state index is 13.2. The van der Waals surface area contributed by atoms with Crippen LogP contribution in [0.3, 0.4) is 0 Å². The third kappa shape index (κ3) is 4.18. The molecule has 2 atom stereocenters. The molecule has 1 saturated heterocycles. The third-order valence-electron chi connectivity index (χ3n) is 3.54. The van der Waals surface area contributed by atoms with E-state index in [0.29, 0.717) is 6.10 Å². The van der Waals surface area contributed by atoms with Crippen molar-refractivity contribution >= 4 is 5.69 Å². The zero-order valence-electron chi connectivity index (χ0n) is 11.7. The fourth-order valence-corrected chi connectivity index (χ4v) is 2.49. The first-order valence-electron chi connectivity index (χ1n) is 7.02. The van der Waals surface area contributed by atoms with Crippen LogP contribution in [0, 0.1) is 5.82 Å². The van der Waals surface area contributed by atoms with Gasteiger partial charge in [0.05, 0.1) is 12.2 Å². The minimum absolute atomic E-state index is 0.193. The van der Waals surface area contributed by atoms with Gasteiger partial charge in [-0.2, -0.15) is 0 Å². The highest BCUT2D eigenvalue weighted by atomic mass is 19.1. The number of nitrogens with zero attached hydrogens (tertiary/aromatic N) is 1. The lowest BCUT2D eigenvalue weighted by Crippen LogP contribution is -2.31. The Morgan fingerprint density at radius 2 is 2.16 bits per heavy atom. The highest BCUT2D eigenvalue weighted by Crippen LogP contribution is 2.22. The van der Waals surface area contributed by atoms with Crippen molar-refractivity contribution in [2.75, 3.05) is 31.6 Å². The van der Waals surface area contributed by atoms with Gasteiger partial charge in [-0.3, -0.25) is 0 Å². The fourth-order valence-electron chi connectivity index (χ4n) is 2.49.